The predicted octanol–water partition coefficient (Wildman–Crippen LogP) is 4.39. The van der Waals surface area contributed by atoms with Gasteiger partial charge in [-0.05, 0) is 42.7 Å². The molecule has 0 atom stereocenters. The van der Waals surface area contributed by atoms with E-state index in [1.165, 1.54) is 6.07 Å². The lowest BCUT2D eigenvalue weighted by atomic mass is 10.0. The third-order valence-electron chi connectivity index (χ3n) is 4.33. The Kier molecular flexibility index (Phi) is 7.29. The van der Waals surface area contributed by atoms with Crippen LogP contribution < -0.4 is 10.2 Å². The van der Waals surface area contributed by atoms with Gasteiger partial charge in [0.1, 0.15) is 0 Å². The van der Waals surface area contributed by atoms with Crippen molar-refractivity contribution in [1.29, 1.82) is 0 Å². The first-order valence-corrected chi connectivity index (χ1v) is 9.75. The summed E-state index contributed by atoms with van der Waals surface area (Å²) < 4.78 is 41.0. The molecule has 0 amide bonds. The van der Waals surface area contributed by atoms with Gasteiger partial charge in [-0.15, -0.1) is 0 Å². The van der Waals surface area contributed by atoms with Crippen molar-refractivity contribution in [3.63, 3.8) is 0 Å². The number of unbranched alkanes of at least 4 members (excludes halogenated alkanes) is 1. The highest BCUT2D eigenvalue weighted by Crippen LogP contribution is 2.39. The quantitative estimate of drug-likeness (QED) is 0.211. The van der Waals surface area contributed by atoms with Gasteiger partial charge in [-0.1, -0.05) is 22.6 Å². The normalized spacial score (nSPS) is 16.2. The van der Waals surface area contributed by atoms with Gasteiger partial charge in [0, 0.05) is 37.0 Å². The molecule has 1 saturated heterocycles. The van der Waals surface area contributed by atoms with Gasteiger partial charge in [0.25, 0.3) is 5.69 Å². The zero-order valence-corrected chi connectivity index (χ0v) is 15.8. The molecular formula is C16H21F3IN3O2. The van der Waals surface area contributed by atoms with Crippen LogP contribution in [0.5, 0.6) is 0 Å². The van der Waals surface area contributed by atoms with Gasteiger partial charge < -0.3 is 10.2 Å². The number of anilines is 1. The minimum absolute atomic E-state index is 0.0291. The Balaban J connectivity index is 2.04. The largest absolute Gasteiger partial charge is 0.418 e. The van der Waals surface area contributed by atoms with Crippen LogP contribution in [0.3, 0.4) is 0 Å². The fraction of sp³-hybridized carbons (Fsp3) is 0.625. The molecule has 0 spiro atoms. The van der Waals surface area contributed by atoms with Crippen LogP contribution in [0, 0.1) is 10.1 Å². The van der Waals surface area contributed by atoms with Crippen molar-refractivity contribution in [2.24, 2.45) is 0 Å². The summed E-state index contributed by atoms with van der Waals surface area (Å²) in [6.45, 7) is 1.94. The highest BCUT2D eigenvalue weighted by Gasteiger charge is 2.37. The molecule has 0 unspecified atom stereocenters. The van der Waals surface area contributed by atoms with Crippen molar-refractivity contribution in [3.05, 3.63) is 33.9 Å². The minimum atomic E-state index is -4.62. The van der Waals surface area contributed by atoms with Crippen LogP contribution in [0.1, 0.15) is 31.2 Å². The molecule has 1 N–H and O–H groups in total. The number of alkyl halides is 4. The Morgan fingerprint density at radius 2 is 1.96 bits per heavy atom. The van der Waals surface area contributed by atoms with Gasteiger partial charge in [0.05, 0.1) is 10.5 Å². The van der Waals surface area contributed by atoms with Crippen LogP contribution in [0.2, 0.25) is 0 Å². The maximum Gasteiger partial charge on any atom is 0.418 e. The maximum atomic E-state index is 13.3. The fourth-order valence-corrected chi connectivity index (χ4v) is 3.53. The fourth-order valence-electron chi connectivity index (χ4n) is 2.99. The number of nitro benzene ring substituents is 1. The standard InChI is InChI=1S/C16H21F3IN3O2/c17-16(18,19)14-11-13(23(24)25)3-4-15(14)22-9-5-12(6-10-22)21-8-2-1-7-20/h3-4,11-12,21H,1-2,5-10H2. The topological polar surface area (TPSA) is 58.4 Å². The monoisotopic (exact) mass is 471 g/mol. The Morgan fingerprint density at radius 1 is 1.28 bits per heavy atom. The molecule has 0 saturated carbocycles. The van der Waals surface area contributed by atoms with Gasteiger partial charge >= 0.3 is 6.18 Å². The zero-order valence-electron chi connectivity index (χ0n) is 13.7. The number of halogens is 4. The molecule has 1 aliphatic heterocycles. The summed E-state index contributed by atoms with van der Waals surface area (Å²) in [7, 11) is 0. The smallest absolute Gasteiger partial charge is 0.371 e. The van der Waals surface area contributed by atoms with E-state index in [9.17, 15) is 23.3 Å². The molecule has 0 aromatic heterocycles. The molecule has 25 heavy (non-hydrogen) atoms. The molecule has 1 heterocycles. The summed E-state index contributed by atoms with van der Waals surface area (Å²) in [6, 6.07) is 3.30. The summed E-state index contributed by atoms with van der Waals surface area (Å²) >= 11 is 2.34. The van der Waals surface area contributed by atoms with Crippen LogP contribution in [0.4, 0.5) is 24.5 Å². The highest BCUT2D eigenvalue weighted by molar-refractivity contribution is 14.1. The molecule has 1 aromatic carbocycles. The maximum absolute atomic E-state index is 13.3. The number of nitrogens with zero attached hydrogens (tertiary/aromatic N) is 2. The van der Waals surface area contributed by atoms with Gasteiger partial charge in [-0.2, -0.15) is 13.2 Å². The van der Waals surface area contributed by atoms with Crippen molar-refractivity contribution >= 4 is 34.0 Å². The summed E-state index contributed by atoms with van der Waals surface area (Å²) in [5.74, 6) is 0. The first-order valence-electron chi connectivity index (χ1n) is 8.23. The first kappa shape index (κ1) is 20.2. The van der Waals surface area contributed by atoms with Crippen LogP contribution >= 0.6 is 22.6 Å². The number of hydrogen-bond acceptors (Lipinski definition) is 4. The highest BCUT2D eigenvalue weighted by atomic mass is 127. The van der Waals surface area contributed by atoms with Gasteiger partial charge in [0.15, 0.2) is 0 Å². The Bertz CT molecular complexity index is 590. The molecule has 0 bridgehead atoms. The summed E-state index contributed by atoms with van der Waals surface area (Å²) in [5.41, 5.74) is -1.44. The molecule has 9 heteroatoms. The van der Waals surface area contributed by atoms with E-state index in [1.54, 1.807) is 4.90 Å². The molecule has 0 aliphatic carbocycles. The SMILES string of the molecule is O=[N+]([O-])c1ccc(N2CCC(NCCCCI)CC2)c(C(F)(F)F)c1. The molecule has 1 fully saturated rings. The summed E-state index contributed by atoms with van der Waals surface area (Å²) in [6.07, 6.45) is -0.833. The Morgan fingerprint density at radius 3 is 2.52 bits per heavy atom. The molecule has 5 nitrogen and oxygen atoms in total. The first-order chi connectivity index (χ1) is 11.8. The van der Waals surface area contributed by atoms with Gasteiger partial charge in [-0.25, -0.2) is 0 Å². The molecule has 1 aromatic rings. The van der Waals surface area contributed by atoms with Gasteiger partial charge in [-0.3, -0.25) is 10.1 Å². The van der Waals surface area contributed by atoms with Crippen molar-refractivity contribution in [2.45, 2.75) is 37.9 Å². The van der Waals surface area contributed by atoms with Crippen LogP contribution in [-0.4, -0.2) is 35.0 Å². The Labute approximate surface area is 158 Å². The second-order valence-electron chi connectivity index (χ2n) is 6.07. The second-order valence-corrected chi connectivity index (χ2v) is 7.15. The lowest BCUT2D eigenvalue weighted by Crippen LogP contribution is -2.43. The van der Waals surface area contributed by atoms with Crippen molar-refractivity contribution < 1.29 is 18.1 Å². The summed E-state index contributed by atoms with van der Waals surface area (Å²) in [5, 5.41) is 14.2. The molecular weight excluding hydrogens is 450 g/mol. The number of non-ortho nitro benzene ring substituents is 1. The van der Waals surface area contributed by atoms with Crippen LogP contribution in [-0.2, 0) is 6.18 Å². The number of hydrogen-bond donors (Lipinski definition) is 1. The van der Waals surface area contributed by atoms with Gasteiger partial charge in [0.2, 0.25) is 0 Å². The van der Waals surface area contributed by atoms with Crippen molar-refractivity contribution in [2.75, 3.05) is 29.0 Å². The van der Waals surface area contributed by atoms with E-state index < -0.39 is 22.4 Å². The minimum Gasteiger partial charge on any atom is -0.371 e. The van der Waals surface area contributed by atoms with E-state index in [0.29, 0.717) is 25.2 Å². The number of nitrogens with one attached hydrogen (secondary N) is 1. The van der Waals surface area contributed by atoms with Crippen molar-refractivity contribution in [1.82, 2.24) is 5.32 Å². The lowest BCUT2D eigenvalue weighted by Gasteiger charge is -2.35. The molecule has 140 valence electrons. The number of rotatable bonds is 7. The Hall–Kier alpha value is -1.10. The average Bonchev–Trinajstić information content (AvgIpc) is 2.58. The van der Waals surface area contributed by atoms with E-state index in [4.69, 9.17) is 0 Å². The lowest BCUT2D eigenvalue weighted by molar-refractivity contribution is -0.385. The van der Waals surface area contributed by atoms with E-state index in [1.807, 2.05) is 0 Å². The van der Waals surface area contributed by atoms with E-state index in [2.05, 4.69) is 27.9 Å². The van der Waals surface area contributed by atoms with E-state index >= 15 is 0 Å². The zero-order chi connectivity index (χ0) is 18.4. The van der Waals surface area contributed by atoms with E-state index in [-0.39, 0.29) is 5.69 Å². The third-order valence-corrected chi connectivity index (χ3v) is 5.09. The number of benzene rings is 1. The summed E-state index contributed by atoms with van der Waals surface area (Å²) in [4.78, 5) is 11.6. The average molecular weight is 471 g/mol. The second kappa shape index (κ2) is 9.02. The molecule has 2 rings (SSSR count). The number of piperidine rings is 1. The third kappa shape index (κ3) is 5.70. The van der Waals surface area contributed by atoms with Crippen LogP contribution in [0.15, 0.2) is 18.2 Å². The van der Waals surface area contributed by atoms with Crippen LogP contribution in [0.25, 0.3) is 0 Å². The van der Waals surface area contributed by atoms with E-state index in [0.717, 1.165) is 42.7 Å². The molecule has 0 radical (unpaired) electrons. The van der Waals surface area contributed by atoms with Crippen molar-refractivity contribution in [3.8, 4) is 0 Å². The number of nitro groups is 1. The molecule has 1 aliphatic rings. The predicted molar refractivity (Wildman–Crippen MR) is 99.5 cm³/mol.